The highest BCUT2D eigenvalue weighted by atomic mass is 79.9. The lowest BCUT2D eigenvalue weighted by Gasteiger charge is -2.10. The minimum Gasteiger partial charge on any atom is -0.381 e. The molecule has 1 fully saturated rings. The molecule has 2 rings (SSSR count). The van der Waals surface area contributed by atoms with Crippen LogP contribution in [0.5, 0.6) is 0 Å². The monoisotopic (exact) mass is 432 g/mol. The summed E-state index contributed by atoms with van der Waals surface area (Å²) in [6.45, 7) is 3.93. The van der Waals surface area contributed by atoms with Gasteiger partial charge in [-0.3, -0.25) is 4.79 Å². The van der Waals surface area contributed by atoms with Gasteiger partial charge in [0, 0.05) is 30.3 Å². The van der Waals surface area contributed by atoms with Crippen molar-refractivity contribution in [2.75, 3.05) is 19.8 Å². The molecule has 0 heterocycles. The standard InChI is InChI=1S/C17H25BrN2O4S/c1-2-3-10-24-11-4-9-19-17(21)15-12-14(7-8-16(15)18)25(22,23)20-13-5-6-13/h7-8,12-13,20H,2-6,9-11H2,1H3,(H,19,21). The molecule has 0 spiro atoms. The fraction of sp³-hybridized carbons (Fsp3) is 0.588. The van der Waals surface area contributed by atoms with E-state index in [1.807, 2.05) is 0 Å². The number of nitrogens with one attached hydrogen (secondary N) is 2. The normalized spacial score (nSPS) is 14.5. The third-order valence-electron chi connectivity index (χ3n) is 3.79. The Morgan fingerprint density at radius 3 is 2.68 bits per heavy atom. The quantitative estimate of drug-likeness (QED) is 0.526. The first-order chi connectivity index (χ1) is 11.9. The molecule has 1 aliphatic carbocycles. The highest BCUT2D eigenvalue weighted by molar-refractivity contribution is 9.10. The SMILES string of the molecule is CCCCOCCCNC(=O)c1cc(S(=O)(=O)NC2CC2)ccc1Br. The molecule has 0 atom stereocenters. The van der Waals surface area contributed by atoms with Gasteiger partial charge in [-0.2, -0.15) is 0 Å². The van der Waals surface area contributed by atoms with Crippen LogP contribution in [0.4, 0.5) is 0 Å². The van der Waals surface area contributed by atoms with Crippen molar-refractivity contribution in [2.45, 2.75) is 50.0 Å². The van der Waals surface area contributed by atoms with Crippen LogP contribution in [0.2, 0.25) is 0 Å². The maximum Gasteiger partial charge on any atom is 0.252 e. The van der Waals surface area contributed by atoms with E-state index in [0.717, 1.165) is 32.3 Å². The van der Waals surface area contributed by atoms with Crippen molar-refractivity contribution in [3.63, 3.8) is 0 Å². The molecule has 25 heavy (non-hydrogen) atoms. The number of hydrogen-bond acceptors (Lipinski definition) is 4. The van der Waals surface area contributed by atoms with Gasteiger partial charge in [0.2, 0.25) is 10.0 Å². The Hall–Kier alpha value is -0.960. The van der Waals surface area contributed by atoms with Gasteiger partial charge < -0.3 is 10.1 Å². The summed E-state index contributed by atoms with van der Waals surface area (Å²) in [5.41, 5.74) is 0.311. The van der Waals surface area contributed by atoms with Crippen molar-refractivity contribution >= 4 is 31.9 Å². The molecule has 2 N–H and O–H groups in total. The number of unbranched alkanes of at least 4 members (excludes halogenated alkanes) is 1. The topological polar surface area (TPSA) is 84.5 Å². The van der Waals surface area contributed by atoms with Crippen LogP contribution < -0.4 is 10.0 Å². The van der Waals surface area contributed by atoms with Gasteiger partial charge in [0.1, 0.15) is 0 Å². The van der Waals surface area contributed by atoms with Crippen LogP contribution in [0.25, 0.3) is 0 Å². The predicted octanol–water partition coefficient (Wildman–Crippen LogP) is 2.83. The highest BCUT2D eigenvalue weighted by Crippen LogP contribution is 2.25. The molecule has 0 saturated heterocycles. The van der Waals surface area contributed by atoms with Crippen LogP contribution in [-0.4, -0.2) is 40.1 Å². The largest absolute Gasteiger partial charge is 0.381 e. The molecule has 8 heteroatoms. The summed E-state index contributed by atoms with van der Waals surface area (Å²) in [7, 11) is -3.58. The highest BCUT2D eigenvalue weighted by Gasteiger charge is 2.28. The summed E-state index contributed by atoms with van der Waals surface area (Å²) in [6.07, 6.45) is 4.58. The summed E-state index contributed by atoms with van der Waals surface area (Å²) in [4.78, 5) is 12.4. The molecule has 0 radical (unpaired) electrons. The second-order valence-corrected chi connectivity index (χ2v) is 8.68. The smallest absolute Gasteiger partial charge is 0.252 e. The summed E-state index contributed by atoms with van der Waals surface area (Å²) >= 11 is 3.31. The lowest BCUT2D eigenvalue weighted by molar-refractivity contribution is 0.0939. The first-order valence-corrected chi connectivity index (χ1v) is 10.9. The zero-order valence-electron chi connectivity index (χ0n) is 14.4. The van der Waals surface area contributed by atoms with Gasteiger partial charge in [0.05, 0.1) is 10.5 Å². The Labute approximate surface area is 157 Å². The number of carbonyl (C=O) groups excluding carboxylic acids is 1. The van der Waals surface area contributed by atoms with E-state index in [1.165, 1.54) is 12.1 Å². The van der Waals surface area contributed by atoms with Gasteiger partial charge in [0.15, 0.2) is 0 Å². The van der Waals surface area contributed by atoms with Crippen molar-refractivity contribution in [3.05, 3.63) is 28.2 Å². The van der Waals surface area contributed by atoms with Crippen molar-refractivity contribution in [1.29, 1.82) is 0 Å². The Bertz CT molecular complexity index is 690. The predicted molar refractivity (Wildman–Crippen MR) is 100 cm³/mol. The number of hydrogen-bond donors (Lipinski definition) is 2. The first kappa shape index (κ1) is 20.4. The minimum absolute atomic E-state index is 0.0265. The van der Waals surface area contributed by atoms with Crippen molar-refractivity contribution in [1.82, 2.24) is 10.0 Å². The fourth-order valence-corrected chi connectivity index (χ4v) is 3.91. The van der Waals surface area contributed by atoms with E-state index in [4.69, 9.17) is 4.74 Å². The van der Waals surface area contributed by atoms with Crippen molar-refractivity contribution in [2.24, 2.45) is 0 Å². The molecule has 140 valence electrons. The minimum atomic E-state index is -3.58. The second kappa shape index (κ2) is 9.66. The molecular formula is C17H25BrN2O4S. The molecule has 1 aromatic carbocycles. The Kier molecular flexibility index (Phi) is 7.86. The number of rotatable bonds is 11. The number of ether oxygens (including phenoxy) is 1. The maximum absolute atomic E-state index is 12.3. The van der Waals surface area contributed by atoms with Crippen molar-refractivity contribution < 1.29 is 17.9 Å². The van der Waals surface area contributed by atoms with Crippen LogP contribution in [0.1, 0.15) is 49.4 Å². The molecule has 1 amide bonds. The van der Waals surface area contributed by atoms with Gasteiger partial charge in [-0.15, -0.1) is 0 Å². The number of benzene rings is 1. The Morgan fingerprint density at radius 2 is 2.00 bits per heavy atom. The number of sulfonamides is 1. The Balaban J connectivity index is 1.89. The molecule has 6 nitrogen and oxygen atoms in total. The van der Waals surface area contributed by atoms with Crippen LogP contribution in [-0.2, 0) is 14.8 Å². The van der Waals surface area contributed by atoms with Gasteiger partial charge in [0.25, 0.3) is 5.91 Å². The third-order valence-corrected chi connectivity index (χ3v) is 5.99. The molecule has 1 aliphatic rings. The van der Waals surface area contributed by atoms with Gasteiger partial charge in [-0.05, 0) is 59.8 Å². The van der Waals surface area contributed by atoms with E-state index in [9.17, 15) is 13.2 Å². The number of halogens is 1. The summed E-state index contributed by atoms with van der Waals surface area (Å²) in [5, 5.41) is 2.80. The lowest BCUT2D eigenvalue weighted by Crippen LogP contribution is -2.28. The number of carbonyl (C=O) groups is 1. The third kappa shape index (κ3) is 6.69. The second-order valence-electron chi connectivity index (χ2n) is 6.11. The van der Waals surface area contributed by atoms with Crippen LogP contribution in [0.15, 0.2) is 27.6 Å². The van der Waals surface area contributed by atoms with Crippen LogP contribution >= 0.6 is 15.9 Å². The number of amides is 1. The average Bonchev–Trinajstić information content (AvgIpc) is 3.37. The van der Waals surface area contributed by atoms with E-state index < -0.39 is 10.0 Å². The Morgan fingerprint density at radius 1 is 1.28 bits per heavy atom. The molecule has 0 aromatic heterocycles. The molecule has 1 saturated carbocycles. The van der Waals surface area contributed by atoms with E-state index in [1.54, 1.807) is 6.07 Å². The zero-order chi connectivity index (χ0) is 18.3. The fourth-order valence-electron chi connectivity index (χ4n) is 2.15. The van der Waals surface area contributed by atoms with Crippen molar-refractivity contribution in [3.8, 4) is 0 Å². The van der Waals surface area contributed by atoms with E-state index in [2.05, 4.69) is 32.9 Å². The first-order valence-electron chi connectivity index (χ1n) is 8.62. The van der Waals surface area contributed by atoms with Gasteiger partial charge in [-0.25, -0.2) is 13.1 Å². The van der Waals surface area contributed by atoms with Crippen LogP contribution in [0, 0.1) is 0 Å². The molecule has 0 unspecified atom stereocenters. The molecule has 0 bridgehead atoms. The zero-order valence-corrected chi connectivity index (χ0v) is 16.8. The van der Waals surface area contributed by atoms with Gasteiger partial charge >= 0.3 is 0 Å². The van der Waals surface area contributed by atoms with E-state index in [-0.39, 0.29) is 16.8 Å². The summed E-state index contributed by atoms with van der Waals surface area (Å²) in [5.74, 6) is -0.302. The van der Waals surface area contributed by atoms with Crippen LogP contribution in [0.3, 0.4) is 0 Å². The summed E-state index contributed by atoms with van der Waals surface area (Å²) < 4.78 is 33.2. The molecule has 0 aliphatic heterocycles. The van der Waals surface area contributed by atoms with E-state index >= 15 is 0 Å². The van der Waals surface area contributed by atoms with E-state index in [0.29, 0.717) is 29.6 Å². The lowest BCUT2D eigenvalue weighted by atomic mass is 10.2. The van der Waals surface area contributed by atoms with Gasteiger partial charge in [-0.1, -0.05) is 13.3 Å². The molecule has 1 aromatic rings. The molecular weight excluding hydrogens is 408 g/mol. The average molecular weight is 433 g/mol. The summed E-state index contributed by atoms with van der Waals surface area (Å²) in [6, 6.07) is 4.51. The maximum atomic E-state index is 12.3.